The maximum atomic E-state index is 12.4. The minimum atomic E-state index is -4.91. The first kappa shape index (κ1) is 15.4. The Kier molecular flexibility index (Phi) is 4.48. The monoisotopic (exact) mass is 281 g/mol. The Labute approximate surface area is 107 Å². The highest BCUT2D eigenvalue weighted by molar-refractivity contribution is 5.52. The van der Waals surface area contributed by atoms with E-state index in [0.717, 1.165) is 6.07 Å². The van der Waals surface area contributed by atoms with Crippen molar-refractivity contribution in [2.24, 2.45) is 5.73 Å². The van der Waals surface area contributed by atoms with Crippen molar-refractivity contribution in [3.8, 4) is 17.2 Å². The molecule has 0 radical (unpaired) electrons. The molecule has 0 spiro atoms. The summed E-state index contributed by atoms with van der Waals surface area (Å²) < 4.78 is 47.0. The molecule has 19 heavy (non-hydrogen) atoms. The van der Waals surface area contributed by atoms with E-state index in [9.17, 15) is 18.3 Å². The number of hydrogen-bond acceptors (Lipinski definition) is 5. The number of ether oxygens (including phenoxy) is 2. The van der Waals surface area contributed by atoms with Crippen LogP contribution in [-0.2, 0) is 0 Å². The second kappa shape index (κ2) is 5.54. The summed E-state index contributed by atoms with van der Waals surface area (Å²) in [5.74, 6) is -0.466. The van der Waals surface area contributed by atoms with Gasteiger partial charge in [-0.25, -0.2) is 0 Å². The maximum absolute atomic E-state index is 12.4. The third kappa shape index (κ3) is 3.21. The van der Waals surface area contributed by atoms with Gasteiger partial charge in [-0.15, -0.1) is 0 Å². The molecule has 1 aromatic rings. The van der Waals surface area contributed by atoms with E-state index in [0.29, 0.717) is 0 Å². The van der Waals surface area contributed by atoms with Crippen molar-refractivity contribution >= 4 is 0 Å². The summed E-state index contributed by atoms with van der Waals surface area (Å²) in [4.78, 5) is 0. The van der Waals surface area contributed by atoms with Gasteiger partial charge in [-0.1, -0.05) is 0 Å². The maximum Gasteiger partial charge on any atom is 0.416 e. The number of aliphatic hydroxyl groups excluding tert-OH is 1. The molecule has 0 saturated heterocycles. The summed E-state index contributed by atoms with van der Waals surface area (Å²) in [6.45, 7) is 0. The zero-order chi connectivity index (χ0) is 14.8. The molecular weight excluding hydrogens is 267 g/mol. The zero-order valence-electron chi connectivity index (χ0n) is 10.2. The lowest BCUT2D eigenvalue weighted by Gasteiger charge is -2.24. The van der Waals surface area contributed by atoms with Gasteiger partial charge in [0, 0.05) is 12.1 Å². The molecule has 0 heterocycles. The van der Waals surface area contributed by atoms with Crippen LogP contribution >= 0.6 is 0 Å². The smallest absolute Gasteiger partial charge is 0.416 e. The molecule has 0 aromatic heterocycles. The lowest BCUT2D eigenvalue weighted by molar-refractivity contribution is -0.210. The first-order valence-corrected chi connectivity index (χ1v) is 5.17. The van der Waals surface area contributed by atoms with Gasteiger partial charge in [0.1, 0.15) is 17.2 Å². The number of aromatic hydroxyl groups is 1. The van der Waals surface area contributed by atoms with Crippen LogP contribution in [0.1, 0.15) is 11.6 Å². The normalized spacial score (nSPS) is 14.9. The summed E-state index contributed by atoms with van der Waals surface area (Å²) in [6.07, 6.45) is -7.72. The van der Waals surface area contributed by atoms with Crippen molar-refractivity contribution in [3.63, 3.8) is 0 Å². The molecule has 0 bridgehead atoms. The SMILES string of the molecule is COc1cc(O)c([C@@H](N)[C@@H](O)C(F)(F)F)c(OC)c1. The van der Waals surface area contributed by atoms with E-state index in [1.54, 1.807) is 0 Å². The van der Waals surface area contributed by atoms with Gasteiger partial charge < -0.3 is 25.4 Å². The summed E-state index contributed by atoms with van der Waals surface area (Å²) in [7, 11) is 2.52. The molecule has 0 amide bonds. The second-order valence-corrected chi connectivity index (χ2v) is 3.77. The topological polar surface area (TPSA) is 84.9 Å². The number of aliphatic hydroxyl groups is 1. The number of halogens is 3. The fourth-order valence-electron chi connectivity index (χ4n) is 1.57. The summed E-state index contributed by atoms with van der Waals surface area (Å²) in [5, 5.41) is 18.8. The molecule has 2 atom stereocenters. The molecule has 5 nitrogen and oxygen atoms in total. The number of methoxy groups -OCH3 is 2. The molecule has 4 N–H and O–H groups in total. The number of alkyl halides is 3. The van der Waals surface area contributed by atoms with Gasteiger partial charge in [0.05, 0.1) is 25.8 Å². The van der Waals surface area contributed by atoms with Gasteiger partial charge in [0.2, 0.25) is 0 Å². The van der Waals surface area contributed by atoms with Gasteiger partial charge in [-0.3, -0.25) is 0 Å². The Bertz CT molecular complexity index is 450. The summed E-state index contributed by atoms with van der Waals surface area (Å²) >= 11 is 0. The first-order valence-electron chi connectivity index (χ1n) is 5.17. The molecule has 0 unspecified atom stereocenters. The number of nitrogens with two attached hydrogens (primary N) is 1. The highest BCUT2D eigenvalue weighted by atomic mass is 19.4. The van der Waals surface area contributed by atoms with Crippen molar-refractivity contribution in [3.05, 3.63) is 17.7 Å². The summed E-state index contributed by atoms with van der Waals surface area (Å²) in [6, 6.07) is 0.472. The van der Waals surface area contributed by atoms with Crippen molar-refractivity contribution in [2.75, 3.05) is 14.2 Å². The van der Waals surface area contributed by atoms with Crippen molar-refractivity contribution in [1.29, 1.82) is 0 Å². The van der Waals surface area contributed by atoms with Crippen LogP contribution in [0.4, 0.5) is 13.2 Å². The first-order chi connectivity index (χ1) is 8.72. The molecular formula is C11H14F3NO4. The number of rotatable bonds is 4. The quantitative estimate of drug-likeness (QED) is 0.775. The Morgan fingerprint density at radius 2 is 1.79 bits per heavy atom. The number of phenols is 1. The molecule has 0 fully saturated rings. The number of phenolic OH excluding ortho intramolecular Hbond substituents is 1. The molecule has 1 rings (SSSR count). The Morgan fingerprint density at radius 1 is 1.21 bits per heavy atom. The van der Waals surface area contributed by atoms with E-state index >= 15 is 0 Å². The molecule has 0 aliphatic carbocycles. The molecule has 0 saturated carbocycles. The zero-order valence-corrected chi connectivity index (χ0v) is 10.2. The summed E-state index contributed by atoms with van der Waals surface area (Å²) in [5.41, 5.74) is 5.00. The van der Waals surface area contributed by atoms with E-state index < -0.39 is 24.1 Å². The Morgan fingerprint density at radius 3 is 2.21 bits per heavy atom. The van der Waals surface area contributed by atoms with Crippen LogP contribution in [-0.4, -0.2) is 36.7 Å². The number of benzene rings is 1. The van der Waals surface area contributed by atoms with Gasteiger partial charge >= 0.3 is 6.18 Å². The third-order valence-electron chi connectivity index (χ3n) is 2.56. The van der Waals surface area contributed by atoms with E-state index in [1.807, 2.05) is 0 Å². The highest BCUT2D eigenvalue weighted by Crippen LogP contribution is 2.40. The van der Waals surface area contributed by atoms with Crippen molar-refractivity contribution in [1.82, 2.24) is 0 Å². The molecule has 0 aliphatic heterocycles. The Hall–Kier alpha value is -1.67. The van der Waals surface area contributed by atoms with Crippen LogP contribution < -0.4 is 15.2 Å². The van der Waals surface area contributed by atoms with Crippen LogP contribution in [0, 0.1) is 0 Å². The van der Waals surface area contributed by atoms with Crippen LogP contribution in [0.3, 0.4) is 0 Å². The van der Waals surface area contributed by atoms with E-state index in [1.165, 1.54) is 20.3 Å². The van der Waals surface area contributed by atoms with Crippen molar-refractivity contribution < 1.29 is 32.9 Å². The molecule has 108 valence electrons. The molecule has 1 aromatic carbocycles. The Balaban J connectivity index is 3.26. The fourth-order valence-corrected chi connectivity index (χ4v) is 1.57. The lowest BCUT2D eigenvalue weighted by Crippen LogP contribution is -2.39. The highest BCUT2D eigenvalue weighted by Gasteiger charge is 2.44. The minimum absolute atomic E-state index is 0.104. The standard InChI is InChI=1S/C11H14F3NO4/c1-18-5-3-6(16)8(7(4-5)19-2)9(15)10(17)11(12,13)14/h3-4,9-10,16-17H,15H2,1-2H3/t9-,10-/m1/s1. The van der Waals surface area contributed by atoms with E-state index in [4.69, 9.17) is 20.3 Å². The van der Waals surface area contributed by atoms with Crippen molar-refractivity contribution in [2.45, 2.75) is 18.3 Å². The lowest BCUT2D eigenvalue weighted by atomic mass is 9.99. The van der Waals surface area contributed by atoms with E-state index in [2.05, 4.69) is 0 Å². The van der Waals surface area contributed by atoms with Crippen LogP contribution in [0.5, 0.6) is 17.2 Å². The fraction of sp³-hybridized carbons (Fsp3) is 0.455. The predicted octanol–water partition coefficient (Wildman–Crippen LogP) is 1.33. The van der Waals surface area contributed by atoms with Gasteiger partial charge in [-0.05, 0) is 0 Å². The van der Waals surface area contributed by atoms with Gasteiger partial charge in [0.15, 0.2) is 6.10 Å². The van der Waals surface area contributed by atoms with Gasteiger partial charge in [-0.2, -0.15) is 13.2 Å². The van der Waals surface area contributed by atoms with Crippen LogP contribution in [0.15, 0.2) is 12.1 Å². The minimum Gasteiger partial charge on any atom is -0.507 e. The number of hydrogen-bond donors (Lipinski definition) is 3. The second-order valence-electron chi connectivity index (χ2n) is 3.77. The third-order valence-corrected chi connectivity index (χ3v) is 2.56. The largest absolute Gasteiger partial charge is 0.507 e. The van der Waals surface area contributed by atoms with Crippen LogP contribution in [0.25, 0.3) is 0 Å². The average Bonchev–Trinajstić information content (AvgIpc) is 2.34. The van der Waals surface area contributed by atoms with Gasteiger partial charge in [0.25, 0.3) is 0 Å². The molecule has 8 heteroatoms. The van der Waals surface area contributed by atoms with E-state index in [-0.39, 0.29) is 17.1 Å². The predicted molar refractivity (Wildman–Crippen MR) is 60.2 cm³/mol. The average molecular weight is 281 g/mol. The van der Waals surface area contributed by atoms with Crippen LogP contribution in [0.2, 0.25) is 0 Å². The molecule has 0 aliphatic rings.